The molecule has 0 saturated heterocycles. The number of hydrogen-bond donors (Lipinski definition) is 1. The van der Waals surface area contributed by atoms with Crippen LogP contribution in [0.15, 0.2) is 10.2 Å². The molecule has 0 aromatic carbocycles. The van der Waals surface area contributed by atoms with Crippen LogP contribution in [0.4, 0.5) is 5.95 Å². The number of carbonyl (C=O) groups is 2. The Labute approximate surface area is 90.3 Å². The molecule has 1 N–H and O–H groups in total. The molecule has 0 aliphatic heterocycles. The molecule has 1 rings (SSSR count). The largest absolute Gasteiger partial charge is 0.464 e. The van der Waals surface area contributed by atoms with E-state index in [1.54, 1.807) is 6.92 Å². The van der Waals surface area contributed by atoms with Gasteiger partial charge in [0.15, 0.2) is 5.78 Å². The monoisotopic (exact) mass is 226 g/mol. The molecular weight excluding hydrogens is 216 g/mol. The van der Waals surface area contributed by atoms with Crippen molar-refractivity contribution in [1.82, 2.24) is 20.6 Å². The van der Waals surface area contributed by atoms with Crippen LogP contribution in [0.5, 0.6) is 0 Å². The van der Waals surface area contributed by atoms with E-state index in [0.717, 1.165) is 0 Å². The molecule has 0 saturated carbocycles. The van der Waals surface area contributed by atoms with Crippen molar-refractivity contribution < 1.29 is 14.3 Å². The Bertz CT molecular complexity index is 387. The molecule has 1 aromatic heterocycles. The number of aromatic amines is 1. The summed E-state index contributed by atoms with van der Waals surface area (Å²) in [7, 11) is 0. The predicted molar refractivity (Wildman–Crippen MR) is 49.8 cm³/mol. The van der Waals surface area contributed by atoms with Gasteiger partial charge in [0.25, 0.3) is 0 Å². The summed E-state index contributed by atoms with van der Waals surface area (Å²) < 4.78 is 4.66. The van der Waals surface area contributed by atoms with Crippen molar-refractivity contribution in [3.05, 3.63) is 0 Å². The van der Waals surface area contributed by atoms with E-state index in [4.69, 9.17) is 0 Å². The first-order chi connectivity index (χ1) is 7.65. The van der Waals surface area contributed by atoms with Crippen molar-refractivity contribution in [2.24, 2.45) is 10.2 Å². The maximum absolute atomic E-state index is 11.3. The standard InChI is InChI=1S/C7H10N6O3/c1-3-16-6(15)5(4(2)14)8-9-7-10-12-13-11-7/h5H,3H2,1-2H3,(H,10,11,12,13)/t5-/m1/s1. The maximum Gasteiger partial charge on any atom is 0.340 e. The van der Waals surface area contributed by atoms with Gasteiger partial charge >= 0.3 is 11.9 Å². The number of aromatic nitrogens is 4. The summed E-state index contributed by atoms with van der Waals surface area (Å²) in [5.41, 5.74) is 0. The van der Waals surface area contributed by atoms with Gasteiger partial charge in [0, 0.05) is 0 Å². The molecular formula is C7H10N6O3. The van der Waals surface area contributed by atoms with Crippen molar-refractivity contribution >= 4 is 17.7 Å². The van der Waals surface area contributed by atoms with Crippen LogP contribution in [0.1, 0.15) is 13.8 Å². The van der Waals surface area contributed by atoms with Crippen molar-refractivity contribution in [2.45, 2.75) is 19.9 Å². The Kier molecular flexibility index (Phi) is 4.18. The van der Waals surface area contributed by atoms with Crippen LogP contribution in [-0.2, 0) is 14.3 Å². The van der Waals surface area contributed by atoms with Crippen molar-refractivity contribution in [3.8, 4) is 0 Å². The van der Waals surface area contributed by atoms with Gasteiger partial charge in [-0.1, -0.05) is 5.10 Å². The lowest BCUT2D eigenvalue weighted by molar-refractivity contribution is -0.147. The highest BCUT2D eigenvalue weighted by Gasteiger charge is 2.24. The minimum Gasteiger partial charge on any atom is -0.464 e. The van der Waals surface area contributed by atoms with E-state index in [-0.39, 0.29) is 12.6 Å². The summed E-state index contributed by atoms with van der Waals surface area (Å²) in [6.07, 6.45) is 0. The highest BCUT2D eigenvalue weighted by molar-refractivity contribution is 6.02. The number of carbonyl (C=O) groups excluding carboxylic acids is 2. The average molecular weight is 226 g/mol. The lowest BCUT2D eigenvalue weighted by Crippen LogP contribution is -2.28. The van der Waals surface area contributed by atoms with Crippen LogP contribution in [0.25, 0.3) is 0 Å². The van der Waals surface area contributed by atoms with E-state index in [0.29, 0.717) is 0 Å². The Morgan fingerprint density at radius 2 is 2.31 bits per heavy atom. The lowest BCUT2D eigenvalue weighted by atomic mass is 10.2. The van der Waals surface area contributed by atoms with Crippen LogP contribution in [0, 0.1) is 0 Å². The topological polar surface area (TPSA) is 123 Å². The summed E-state index contributed by atoms with van der Waals surface area (Å²) >= 11 is 0. The van der Waals surface area contributed by atoms with Gasteiger partial charge in [0.2, 0.25) is 6.04 Å². The quantitative estimate of drug-likeness (QED) is 0.421. The number of ether oxygens (including phenoxy) is 1. The van der Waals surface area contributed by atoms with E-state index in [9.17, 15) is 9.59 Å². The van der Waals surface area contributed by atoms with Crippen LogP contribution in [0.3, 0.4) is 0 Å². The Hall–Kier alpha value is -2.19. The van der Waals surface area contributed by atoms with Gasteiger partial charge in [-0.3, -0.25) is 4.79 Å². The number of ketones is 1. The van der Waals surface area contributed by atoms with Crippen molar-refractivity contribution in [3.63, 3.8) is 0 Å². The number of hydrogen-bond acceptors (Lipinski definition) is 8. The molecule has 16 heavy (non-hydrogen) atoms. The lowest BCUT2D eigenvalue weighted by Gasteiger charge is -2.05. The molecule has 0 bridgehead atoms. The van der Waals surface area contributed by atoms with E-state index in [1.807, 2.05) is 0 Å². The fourth-order valence-electron chi connectivity index (χ4n) is 0.824. The van der Waals surface area contributed by atoms with Gasteiger partial charge in [0.1, 0.15) is 0 Å². The highest BCUT2D eigenvalue weighted by Crippen LogP contribution is 2.04. The second kappa shape index (κ2) is 5.63. The third kappa shape index (κ3) is 3.19. The summed E-state index contributed by atoms with van der Waals surface area (Å²) in [4.78, 5) is 22.4. The minimum atomic E-state index is -1.28. The summed E-state index contributed by atoms with van der Waals surface area (Å²) in [6, 6.07) is -1.28. The number of nitrogens with one attached hydrogen (secondary N) is 1. The molecule has 1 atom stereocenters. The SMILES string of the molecule is CCOC(=O)[C@H](N=Nc1nn[nH]n1)C(C)=O. The number of esters is 1. The number of H-pyrrole nitrogens is 1. The van der Waals surface area contributed by atoms with E-state index in [2.05, 4.69) is 35.6 Å². The Morgan fingerprint density at radius 3 is 2.81 bits per heavy atom. The first-order valence-corrected chi connectivity index (χ1v) is 4.46. The van der Waals surface area contributed by atoms with Crippen LogP contribution < -0.4 is 0 Å². The molecule has 1 heterocycles. The third-order valence-electron chi connectivity index (χ3n) is 1.49. The molecule has 9 nitrogen and oxygen atoms in total. The fourth-order valence-corrected chi connectivity index (χ4v) is 0.824. The van der Waals surface area contributed by atoms with Gasteiger partial charge in [0.05, 0.1) is 6.61 Å². The zero-order valence-corrected chi connectivity index (χ0v) is 8.75. The fraction of sp³-hybridized carbons (Fsp3) is 0.571. The molecule has 0 amide bonds. The average Bonchev–Trinajstić information content (AvgIpc) is 2.70. The first-order valence-electron chi connectivity index (χ1n) is 4.46. The normalized spacial score (nSPS) is 12.6. The molecule has 0 radical (unpaired) electrons. The molecule has 0 aliphatic carbocycles. The summed E-state index contributed by atoms with van der Waals surface area (Å²) in [5, 5.41) is 19.3. The van der Waals surface area contributed by atoms with E-state index < -0.39 is 17.8 Å². The molecule has 9 heteroatoms. The van der Waals surface area contributed by atoms with Gasteiger partial charge in [-0.25, -0.2) is 4.79 Å². The second-order valence-electron chi connectivity index (χ2n) is 2.69. The van der Waals surface area contributed by atoms with Gasteiger partial charge < -0.3 is 4.74 Å². The summed E-state index contributed by atoms with van der Waals surface area (Å²) in [5.74, 6) is -1.27. The Morgan fingerprint density at radius 1 is 1.56 bits per heavy atom. The van der Waals surface area contributed by atoms with Crippen molar-refractivity contribution in [2.75, 3.05) is 6.61 Å². The predicted octanol–water partition coefficient (Wildman–Crippen LogP) is -0.196. The first kappa shape index (κ1) is 11.9. The molecule has 0 spiro atoms. The summed E-state index contributed by atoms with van der Waals surface area (Å²) in [6.45, 7) is 3.02. The molecule has 86 valence electrons. The van der Waals surface area contributed by atoms with Crippen LogP contribution in [-0.4, -0.2) is 45.0 Å². The molecule has 0 fully saturated rings. The second-order valence-corrected chi connectivity index (χ2v) is 2.69. The zero-order chi connectivity index (χ0) is 12.0. The highest BCUT2D eigenvalue weighted by atomic mass is 16.5. The number of nitrogens with zero attached hydrogens (tertiary/aromatic N) is 5. The van der Waals surface area contributed by atoms with Gasteiger partial charge in [-0.15, -0.1) is 10.2 Å². The van der Waals surface area contributed by atoms with Crippen molar-refractivity contribution in [1.29, 1.82) is 0 Å². The maximum atomic E-state index is 11.3. The van der Waals surface area contributed by atoms with Gasteiger partial charge in [-0.05, 0) is 19.1 Å². The molecule has 0 unspecified atom stereocenters. The number of Topliss-reactive ketones (excluding diaryl/α,β-unsaturated/α-hetero) is 1. The molecule has 1 aromatic rings. The third-order valence-corrected chi connectivity index (χ3v) is 1.49. The van der Waals surface area contributed by atoms with Gasteiger partial charge in [-0.2, -0.15) is 10.3 Å². The minimum absolute atomic E-state index is 0.0597. The smallest absolute Gasteiger partial charge is 0.340 e. The van der Waals surface area contributed by atoms with Crippen LogP contribution in [0.2, 0.25) is 0 Å². The van der Waals surface area contributed by atoms with Crippen LogP contribution >= 0.6 is 0 Å². The Balaban J connectivity index is 2.72. The number of rotatable bonds is 5. The zero-order valence-electron chi connectivity index (χ0n) is 8.75. The molecule has 0 aliphatic rings. The van der Waals surface area contributed by atoms with E-state index >= 15 is 0 Å². The number of tetrazole rings is 1. The number of azo groups is 1. The van der Waals surface area contributed by atoms with E-state index in [1.165, 1.54) is 6.92 Å².